The predicted octanol–water partition coefficient (Wildman–Crippen LogP) is 1.03. The Hall–Kier alpha value is -0.276. The van der Waals surface area contributed by atoms with Gasteiger partial charge in [-0.1, -0.05) is 24.3 Å². The molecule has 0 saturated heterocycles. The average molecular weight is 222 g/mol. The van der Waals surface area contributed by atoms with E-state index in [4.69, 9.17) is 0 Å². The van der Waals surface area contributed by atoms with Gasteiger partial charge in [-0.05, 0) is 11.0 Å². The first-order valence-electron chi connectivity index (χ1n) is 2.67. The Morgan fingerprint density at radius 3 is 2.64 bits per heavy atom. The van der Waals surface area contributed by atoms with Crippen LogP contribution in [-0.4, -0.2) is 10.3 Å². The largest absolute Gasteiger partial charge is 0.358 e. The van der Waals surface area contributed by atoms with Crippen molar-refractivity contribution in [3.05, 3.63) is 31.7 Å². The number of benzene rings is 1. The van der Waals surface area contributed by atoms with Crippen LogP contribution in [0.3, 0.4) is 0 Å². The van der Waals surface area contributed by atoms with Gasteiger partial charge in [0.25, 0.3) is 0 Å². The van der Waals surface area contributed by atoms with Crippen molar-refractivity contribution < 1.29 is 32.7 Å². The van der Waals surface area contributed by atoms with Crippen LogP contribution in [-0.2, 0) is 32.7 Å². The van der Waals surface area contributed by atoms with Crippen LogP contribution in [0.25, 0.3) is 11.0 Å². The maximum atomic E-state index is 3.76. The molecule has 0 aliphatic rings. The van der Waals surface area contributed by atoms with E-state index in [1.165, 1.54) is 0 Å². The van der Waals surface area contributed by atoms with E-state index in [2.05, 4.69) is 15.4 Å². The third kappa shape index (κ3) is 2.07. The summed E-state index contributed by atoms with van der Waals surface area (Å²) in [4.78, 5) is 0. The van der Waals surface area contributed by atoms with Crippen LogP contribution in [0.2, 0.25) is 0 Å². The van der Waals surface area contributed by atoms with Crippen LogP contribution in [0.5, 0.6) is 0 Å². The molecular formula is C7H7N3Y-2. The van der Waals surface area contributed by atoms with Crippen LogP contribution < -0.4 is 5.10 Å². The van der Waals surface area contributed by atoms with Crippen LogP contribution in [0.4, 0.5) is 0 Å². The molecule has 0 saturated carbocycles. The Kier molecular flexibility index (Phi) is 4.46. The minimum Gasteiger partial charge on any atom is -0.358 e. The second-order valence-corrected chi connectivity index (χ2v) is 1.78. The summed E-state index contributed by atoms with van der Waals surface area (Å²) < 4.78 is 0. The Morgan fingerprint density at radius 1 is 1.18 bits per heavy atom. The van der Waals surface area contributed by atoms with Gasteiger partial charge < -0.3 is 17.6 Å². The van der Waals surface area contributed by atoms with Crippen molar-refractivity contribution >= 4 is 11.0 Å². The minimum atomic E-state index is 0. The minimum absolute atomic E-state index is 0. The number of hydrogen-bond donors (Lipinski definition) is 0. The van der Waals surface area contributed by atoms with Crippen molar-refractivity contribution in [2.24, 2.45) is 0 Å². The number of rotatable bonds is 0. The molecule has 0 amide bonds. The fourth-order valence-corrected chi connectivity index (χ4v) is 0.752. The molecule has 1 radical (unpaired) electrons. The molecule has 4 heteroatoms. The zero-order valence-corrected chi connectivity index (χ0v) is 9.07. The van der Waals surface area contributed by atoms with Gasteiger partial charge in [0, 0.05) is 32.7 Å². The van der Waals surface area contributed by atoms with Gasteiger partial charge in [0.05, 0.1) is 0 Å². The van der Waals surface area contributed by atoms with E-state index in [9.17, 15) is 0 Å². The van der Waals surface area contributed by atoms with Crippen molar-refractivity contribution in [2.45, 2.75) is 0 Å². The Labute approximate surface area is 90.5 Å². The molecule has 2 aromatic rings. The number of nitrogens with zero attached hydrogens (tertiary/aromatic N) is 3. The van der Waals surface area contributed by atoms with Crippen molar-refractivity contribution in [3.63, 3.8) is 0 Å². The fourth-order valence-electron chi connectivity index (χ4n) is 0.752. The van der Waals surface area contributed by atoms with Crippen LogP contribution in [0.1, 0.15) is 0 Å². The zero-order chi connectivity index (χ0) is 6.10. The molecule has 2 rings (SSSR count). The van der Waals surface area contributed by atoms with E-state index in [1.807, 2.05) is 24.3 Å². The van der Waals surface area contributed by atoms with E-state index < -0.39 is 0 Å². The van der Waals surface area contributed by atoms with Crippen molar-refractivity contribution in [1.29, 1.82) is 0 Å². The summed E-state index contributed by atoms with van der Waals surface area (Å²) in [5.74, 6) is 0. The summed E-state index contributed by atoms with van der Waals surface area (Å²) in [5.41, 5.74) is 1.72. The smallest absolute Gasteiger partial charge is 0 e. The van der Waals surface area contributed by atoms with Gasteiger partial charge in [-0.2, -0.15) is 0 Å². The van der Waals surface area contributed by atoms with E-state index in [0.29, 0.717) is 0 Å². The number of hydrogen-bond acceptors (Lipinski definition) is 2. The van der Waals surface area contributed by atoms with Gasteiger partial charge in [0.1, 0.15) is 0 Å². The Balaban J connectivity index is 0.000000500. The molecule has 0 aliphatic heterocycles. The molecular weight excluding hydrogens is 215 g/mol. The topological polar surface area (TPSA) is 39.9 Å². The van der Waals surface area contributed by atoms with Crippen LogP contribution in [0, 0.1) is 7.43 Å². The first-order valence-corrected chi connectivity index (χ1v) is 2.67. The molecule has 0 atom stereocenters. The molecule has 1 aromatic heterocycles. The molecule has 0 bridgehead atoms. The molecule has 55 valence electrons. The molecule has 0 unspecified atom stereocenters. The normalized spacial score (nSPS) is 8.36. The molecule has 0 N–H and O–H groups in total. The second-order valence-electron chi connectivity index (χ2n) is 1.78. The molecule has 0 fully saturated rings. The third-order valence-electron chi connectivity index (χ3n) is 1.19. The Morgan fingerprint density at radius 2 is 1.91 bits per heavy atom. The van der Waals surface area contributed by atoms with Crippen LogP contribution in [0.15, 0.2) is 24.3 Å². The van der Waals surface area contributed by atoms with Gasteiger partial charge in [0.15, 0.2) is 0 Å². The summed E-state index contributed by atoms with van der Waals surface area (Å²) in [6.07, 6.45) is 0. The van der Waals surface area contributed by atoms with Gasteiger partial charge in [0.2, 0.25) is 0 Å². The molecule has 0 spiro atoms. The number of fused-ring (bicyclic) bond motifs is 1. The van der Waals surface area contributed by atoms with E-state index >= 15 is 0 Å². The first-order chi connectivity index (χ1) is 4.47. The maximum Gasteiger partial charge on any atom is 0 e. The summed E-state index contributed by atoms with van der Waals surface area (Å²) in [5, 5.41) is 11.0. The third-order valence-corrected chi connectivity index (χ3v) is 1.19. The van der Waals surface area contributed by atoms with E-state index in [-0.39, 0.29) is 40.1 Å². The van der Waals surface area contributed by atoms with Crippen molar-refractivity contribution in [2.75, 3.05) is 0 Å². The molecule has 0 aliphatic carbocycles. The first kappa shape index (κ1) is 10.7. The predicted molar refractivity (Wildman–Crippen MR) is 39.3 cm³/mol. The summed E-state index contributed by atoms with van der Waals surface area (Å²) in [7, 11) is 0. The Bertz CT molecular complexity index is 288. The average Bonchev–Trinajstić information content (AvgIpc) is 2.33. The molecule has 1 aromatic carbocycles. The standard InChI is InChI=1S/C6H4N3.CH3.Y/c1-2-4-6-5(3-1)7-9-8-6;;/h1-4H;1H3;/q2*-1;. The summed E-state index contributed by atoms with van der Waals surface area (Å²) in [6.45, 7) is 0. The SMILES string of the molecule is [CH3-].[Y].c1ccc2[n-]nnc2c1. The van der Waals surface area contributed by atoms with Gasteiger partial charge in [-0.15, -0.1) is 0 Å². The molecule has 11 heavy (non-hydrogen) atoms. The maximum absolute atomic E-state index is 3.76. The molecule has 3 nitrogen and oxygen atoms in total. The van der Waals surface area contributed by atoms with Gasteiger partial charge in [-0.3, -0.25) is 5.21 Å². The van der Waals surface area contributed by atoms with Gasteiger partial charge in [-0.25, -0.2) is 0 Å². The zero-order valence-electron chi connectivity index (χ0n) is 6.23. The van der Waals surface area contributed by atoms with E-state index in [0.717, 1.165) is 11.0 Å². The van der Waals surface area contributed by atoms with E-state index in [1.54, 1.807) is 0 Å². The fraction of sp³-hybridized carbons (Fsp3) is 0. The monoisotopic (exact) mass is 222 g/mol. The summed E-state index contributed by atoms with van der Waals surface area (Å²) in [6, 6.07) is 7.60. The quantitative estimate of drug-likeness (QED) is 0.625. The van der Waals surface area contributed by atoms with Crippen LogP contribution >= 0.6 is 0 Å². The number of aromatic nitrogens is 3. The summed E-state index contributed by atoms with van der Waals surface area (Å²) >= 11 is 0. The van der Waals surface area contributed by atoms with Gasteiger partial charge >= 0.3 is 0 Å². The molecule has 1 heterocycles. The second kappa shape index (κ2) is 4.57. The van der Waals surface area contributed by atoms with Crippen molar-refractivity contribution in [1.82, 2.24) is 15.4 Å². The van der Waals surface area contributed by atoms with Crippen molar-refractivity contribution in [3.8, 4) is 0 Å².